The molecule has 0 aliphatic carbocycles. The van der Waals surface area contributed by atoms with Gasteiger partial charge in [-0.25, -0.2) is 0 Å². The minimum atomic E-state index is -0.176. The zero-order chi connectivity index (χ0) is 14.8. The van der Waals surface area contributed by atoms with Crippen molar-refractivity contribution in [3.63, 3.8) is 0 Å². The smallest absolute Gasteiger partial charge is 0.203 e. The van der Waals surface area contributed by atoms with Crippen LogP contribution < -0.4 is 11.2 Å². The van der Waals surface area contributed by atoms with E-state index in [0.29, 0.717) is 11.0 Å². The molecule has 3 rings (SSSR count). The fourth-order valence-electron chi connectivity index (χ4n) is 2.07. The summed E-state index contributed by atoms with van der Waals surface area (Å²) >= 11 is 0. The fourth-order valence-corrected chi connectivity index (χ4v) is 2.07. The van der Waals surface area contributed by atoms with Gasteiger partial charge in [-0.2, -0.15) is 0 Å². The second-order valence-corrected chi connectivity index (χ2v) is 4.80. The van der Waals surface area contributed by atoms with E-state index >= 15 is 0 Å². The third-order valence-electron chi connectivity index (χ3n) is 3.24. The van der Waals surface area contributed by atoms with Crippen LogP contribution in [-0.4, -0.2) is 6.21 Å². The highest BCUT2D eigenvalue weighted by Gasteiger charge is 2.09. The van der Waals surface area contributed by atoms with Crippen LogP contribution in [0.1, 0.15) is 11.1 Å². The normalized spacial score (nSPS) is 11.3. The molecule has 0 saturated heterocycles. The van der Waals surface area contributed by atoms with Crippen molar-refractivity contribution in [2.75, 3.05) is 5.73 Å². The Balaban J connectivity index is 2.08. The predicted octanol–water partition coefficient (Wildman–Crippen LogP) is 3.43. The van der Waals surface area contributed by atoms with Gasteiger partial charge in [0.1, 0.15) is 11.1 Å². The van der Waals surface area contributed by atoms with Crippen LogP contribution in [0.15, 0.2) is 62.7 Å². The maximum atomic E-state index is 12.4. The highest BCUT2D eigenvalue weighted by Crippen LogP contribution is 2.17. The Morgan fingerprint density at radius 1 is 1.10 bits per heavy atom. The number of para-hydroxylation sites is 1. The zero-order valence-electron chi connectivity index (χ0n) is 11.5. The molecule has 0 amide bonds. The van der Waals surface area contributed by atoms with Crippen molar-refractivity contribution >= 4 is 28.8 Å². The van der Waals surface area contributed by atoms with Crippen molar-refractivity contribution in [1.82, 2.24) is 0 Å². The molecule has 1 aromatic heterocycles. The van der Waals surface area contributed by atoms with Gasteiger partial charge < -0.3 is 10.2 Å². The van der Waals surface area contributed by atoms with Gasteiger partial charge in [0, 0.05) is 6.21 Å². The standard InChI is InChI=1S/C17H14N2O2/c1-11-6-8-12(9-7-11)19-10-14-16(20)13-4-2-3-5-15(13)21-17(14)18/h2-10H,18H2,1H3. The summed E-state index contributed by atoms with van der Waals surface area (Å²) in [6, 6.07) is 14.7. The van der Waals surface area contributed by atoms with E-state index in [4.69, 9.17) is 10.2 Å². The molecular weight excluding hydrogens is 264 g/mol. The molecule has 0 fully saturated rings. The van der Waals surface area contributed by atoms with E-state index in [2.05, 4.69) is 4.99 Å². The Kier molecular flexibility index (Phi) is 3.28. The Bertz CT molecular complexity index is 877. The SMILES string of the molecule is Cc1ccc(N=Cc2c(N)oc3ccccc3c2=O)cc1. The Morgan fingerprint density at radius 2 is 1.81 bits per heavy atom. The largest absolute Gasteiger partial charge is 0.440 e. The minimum Gasteiger partial charge on any atom is -0.440 e. The Hall–Kier alpha value is -2.88. The van der Waals surface area contributed by atoms with Crippen LogP contribution in [0.2, 0.25) is 0 Å². The van der Waals surface area contributed by atoms with Gasteiger partial charge in [0.05, 0.1) is 11.1 Å². The first-order chi connectivity index (χ1) is 10.1. The summed E-state index contributed by atoms with van der Waals surface area (Å²) in [4.78, 5) is 16.7. The third-order valence-corrected chi connectivity index (χ3v) is 3.24. The van der Waals surface area contributed by atoms with Crippen molar-refractivity contribution in [2.24, 2.45) is 4.99 Å². The van der Waals surface area contributed by atoms with Crippen LogP contribution >= 0.6 is 0 Å². The van der Waals surface area contributed by atoms with E-state index < -0.39 is 0 Å². The number of benzene rings is 2. The molecule has 0 aliphatic rings. The van der Waals surface area contributed by atoms with Gasteiger partial charge in [-0.15, -0.1) is 0 Å². The lowest BCUT2D eigenvalue weighted by Gasteiger charge is -2.02. The molecule has 0 saturated carbocycles. The molecular formula is C17H14N2O2. The fraction of sp³-hybridized carbons (Fsp3) is 0.0588. The summed E-state index contributed by atoms with van der Waals surface area (Å²) in [7, 11) is 0. The van der Waals surface area contributed by atoms with Gasteiger partial charge >= 0.3 is 0 Å². The van der Waals surface area contributed by atoms with Gasteiger partial charge in [-0.3, -0.25) is 9.79 Å². The average molecular weight is 278 g/mol. The Morgan fingerprint density at radius 3 is 2.57 bits per heavy atom. The number of hydrogen-bond donors (Lipinski definition) is 1. The first-order valence-corrected chi connectivity index (χ1v) is 6.57. The van der Waals surface area contributed by atoms with Crippen LogP contribution in [0, 0.1) is 6.92 Å². The van der Waals surface area contributed by atoms with Crippen molar-refractivity contribution in [3.05, 3.63) is 69.9 Å². The summed E-state index contributed by atoms with van der Waals surface area (Å²) in [6.45, 7) is 2.00. The number of nitrogens with zero attached hydrogens (tertiary/aromatic N) is 1. The van der Waals surface area contributed by atoms with Crippen LogP contribution in [0.4, 0.5) is 11.6 Å². The highest BCUT2D eigenvalue weighted by atomic mass is 16.3. The summed E-state index contributed by atoms with van der Waals surface area (Å²) < 4.78 is 5.47. The van der Waals surface area contributed by atoms with Gasteiger partial charge in [-0.1, -0.05) is 29.8 Å². The average Bonchev–Trinajstić information content (AvgIpc) is 2.49. The first-order valence-electron chi connectivity index (χ1n) is 6.57. The molecule has 4 heteroatoms. The zero-order valence-corrected chi connectivity index (χ0v) is 11.5. The predicted molar refractivity (Wildman–Crippen MR) is 85.3 cm³/mol. The van der Waals surface area contributed by atoms with Crippen molar-refractivity contribution in [2.45, 2.75) is 6.92 Å². The molecule has 3 aromatic rings. The summed E-state index contributed by atoms with van der Waals surface area (Å²) in [5.74, 6) is 0.0783. The van der Waals surface area contributed by atoms with E-state index in [9.17, 15) is 4.79 Å². The Labute approximate surface area is 121 Å². The second-order valence-electron chi connectivity index (χ2n) is 4.80. The maximum absolute atomic E-state index is 12.4. The molecule has 104 valence electrons. The van der Waals surface area contributed by atoms with Crippen molar-refractivity contribution in [1.29, 1.82) is 0 Å². The van der Waals surface area contributed by atoms with Gasteiger partial charge in [-0.05, 0) is 31.2 Å². The van der Waals surface area contributed by atoms with E-state index in [1.807, 2.05) is 31.2 Å². The maximum Gasteiger partial charge on any atom is 0.203 e. The van der Waals surface area contributed by atoms with Crippen molar-refractivity contribution in [3.8, 4) is 0 Å². The van der Waals surface area contributed by atoms with Crippen LogP contribution in [0.5, 0.6) is 0 Å². The van der Waals surface area contributed by atoms with Crippen molar-refractivity contribution < 1.29 is 4.42 Å². The lowest BCUT2D eigenvalue weighted by molar-refractivity contribution is 0.624. The molecule has 4 nitrogen and oxygen atoms in total. The van der Waals surface area contributed by atoms with E-state index in [1.54, 1.807) is 24.3 Å². The molecule has 0 radical (unpaired) electrons. The van der Waals surface area contributed by atoms with Crippen LogP contribution in [0.25, 0.3) is 11.0 Å². The number of nitrogen functional groups attached to an aromatic ring is 1. The van der Waals surface area contributed by atoms with E-state index in [-0.39, 0.29) is 16.9 Å². The lowest BCUT2D eigenvalue weighted by Crippen LogP contribution is -2.11. The van der Waals surface area contributed by atoms with Crippen LogP contribution in [0.3, 0.4) is 0 Å². The molecule has 0 spiro atoms. The molecule has 0 aliphatic heterocycles. The number of rotatable bonds is 2. The number of fused-ring (bicyclic) bond motifs is 1. The van der Waals surface area contributed by atoms with E-state index in [1.165, 1.54) is 6.21 Å². The number of nitrogens with two attached hydrogens (primary N) is 1. The summed E-state index contributed by atoms with van der Waals surface area (Å²) in [5.41, 5.74) is 8.30. The van der Waals surface area contributed by atoms with Gasteiger partial charge in [0.15, 0.2) is 0 Å². The van der Waals surface area contributed by atoms with Crippen LogP contribution in [-0.2, 0) is 0 Å². The number of anilines is 1. The highest BCUT2D eigenvalue weighted by molar-refractivity contribution is 5.92. The number of aliphatic imine (C=N–C) groups is 1. The molecule has 21 heavy (non-hydrogen) atoms. The monoisotopic (exact) mass is 278 g/mol. The molecule has 0 unspecified atom stereocenters. The lowest BCUT2D eigenvalue weighted by atomic mass is 10.1. The molecule has 1 heterocycles. The second kappa shape index (κ2) is 5.25. The number of aryl methyl sites for hydroxylation is 1. The number of hydrogen-bond acceptors (Lipinski definition) is 4. The topological polar surface area (TPSA) is 68.6 Å². The summed E-state index contributed by atoms with van der Waals surface area (Å²) in [6.07, 6.45) is 1.46. The molecule has 2 aromatic carbocycles. The third kappa shape index (κ3) is 2.56. The van der Waals surface area contributed by atoms with Gasteiger partial charge in [0.2, 0.25) is 11.3 Å². The molecule has 2 N–H and O–H groups in total. The van der Waals surface area contributed by atoms with E-state index in [0.717, 1.165) is 11.3 Å². The minimum absolute atomic E-state index is 0.0783. The van der Waals surface area contributed by atoms with Gasteiger partial charge in [0.25, 0.3) is 0 Å². The quantitative estimate of drug-likeness (QED) is 0.730. The summed E-state index contributed by atoms with van der Waals surface area (Å²) in [5, 5.41) is 0.497. The first kappa shape index (κ1) is 13.1. The molecule has 0 bridgehead atoms. The molecule has 0 atom stereocenters.